The van der Waals surface area contributed by atoms with E-state index in [-0.39, 0.29) is 23.2 Å². The predicted octanol–water partition coefficient (Wildman–Crippen LogP) is 7.39. The van der Waals surface area contributed by atoms with Crippen LogP contribution in [0.2, 0.25) is 5.02 Å². The van der Waals surface area contributed by atoms with Gasteiger partial charge in [0.05, 0.1) is 28.9 Å². The minimum Gasteiger partial charge on any atom is -0.497 e. The molecule has 1 heterocycles. The number of carbonyl (C=O) groups is 2. The summed E-state index contributed by atoms with van der Waals surface area (Å²) in [5.41, 5.74) is 6.87. The van der Waals surface area contributed by atoms with Crippen molar-refractivity contribution in [2.24, 2.45) is 0 Å². The van der Waals surface area contributed by atoms with E-state index in [4.69, 9.17) is 21.1 Å². The minimum atomic E-state index is -1.08. The Labute approximate surface area is 224 Å². The molecule has 37 heavy (non-hydrogen) atoms. The molecule has 0 unspecified atom stereocenters. The number of halogens is 1. The molecule has 7 heteroatoms. The number of carbonyl (C=O) groups excluding carboxylic acids is 1. The zero-order valence-electron chi connectivity index (χ0n) is 22.1. The summed E-state index contributed by atoms with van der Waals surface area (Å²) in [7, 11) is 3.34. The van der Waals surface area contributed by atoms with Crippen molar-refractivity contribution in [3.8, 4) is 5.75 Å². The van der Waals surface area contributed by atoms with E-state index in [1.165, 1.54) is 13.2 Å². The number of rotatable bonds is 13. The molecule has 0 amide bonds. The number of carboxylic acids is 1. The van der Waals surface area contributed by atoms with Gasteiger partial charge in [-0.05, 0) is 72.6 Å². The quantitative estimate of drug-likeness (QED) is 0.161. The molecule has 0 saturated carbocycles. The number of unbranched alkanes of at least 4 members (excludes halogenated alkanes) is 3. The second-order valence-corrected chi connectivity index (χ2v) is 9.62. The Morgan fingerprint density at radius 1 is 1.24 bits per heavy atom. The van der Waals surface area contributed by atoms with Crippen molar-refractivity contribution in [2.45, 2.75) is 65.4 Å². The fourth-order valence-corrected chi connectivity index (χ4v) is 5.36. The van der Waals surface area contributed by atoms with Gasteiger partial charge in [0, 0.05) is 12.6 Å². The number of fused-ring (bicyclic) bond motifs is 1. The van der Waals surface area contributed by atoms with Gasteiger partial charge in [-0.15, -0.1) is 6.58 Å². The molecule has 0 aromatic heterocycles. The van der Waals surface area contributed by atoms with Gasteiger partial charge in [-0.3, -0.25) is 0 Å². The number of esters is 1. The zero-order chi connectivity index (χ0) is 27.1. The molecule has 0 radical (unpaired) electrons. The van der Waals surface area contributed by atoms with Crippen molar-refractivity contribution >= 4 is 34.8 Å². The van der Waals surface area contributed by atoms with Crippen LogP contribution in [0.1, 0.15) is 87.6 Å². The Hall–Kier alpha value is -3.25. The van der Waals surface area contributed by atoms with Crippen LogP contribution in [0.5, 0.6) is 5.75 Å². The van der Waals surface area contributed by atoms with E-state index in [9.17, 15) is 14.7 Å². The van der Waals surface area contributed by atoms with Gasteiger partial charge in [0.1, 0.15) is 12.4 Å². The number of carboxylic acid groups (broad SMARTS) is 1. The summed E-state index contributed by atoms with van der Waals surface area (Å²) >= 11 is 6.41. The molecule has 2 aromatic rings. The zero-order valence-corrected chi connectivity index (χ0v) is 22.9. The number of allylic oxidation sites excluding steroid dienone is 3. The van der Waals surface area contributed by atoms with Gasteiger partial charge in [0.2, 0.25) is 0 Å². The first-order chi connectivity index (χ1) is 17.8. The average molecular weight is 526 g/mol. The monoisotopic (exact) mass is 525 g/mol. The maximum Gasteiger partial charge on any atom is 0.341 e. The van der Waals surface area contributed by atoms with E-state index < -0.39 is 5.97 Å². The summed E-state index contributed by atoms with van der Waals surface area (Å²) in [5.74, 6) is -0.907. The number of nitrogens with one attached hydrogen (secondary N) is 1. The number of hydrogen-bond donors (Lipinski definition) is 2. The topological polar surface area (TPSA) is 84.9 Å². The second kappa shape index (κ2) is 12.8. The highest BCUT2D eigenvalue weighted by Gasteiger charge is 2.30. The smallest absolute Gasteiger partial charge is 0.341 e. The minimum absolute atomic E-state index is 0.0677. The number of benzene rings is 2. The van der Waals surface area contributed by atoms with Crippen LogP contribution in [0.25, 0.3) is 5.57 Å². The number of anilines is 1. The van der Waals surface area contributed by atoms with E-state index in [2.05, 4.69) is 24.9 Å². The molecule has 0 saturated heterocycles. The maximum atomic E-state index is 12.6. The summed E-state index contributed by atoms with van der Waals surface area (Å²) in [5, 5.41) is 13.4. The van der Waals surface area contributed by atoms with Crippen LogP contribution in [0.15, 0.2) is 30.9 Å². The van der Waals surface area contributed by atoms with Gasteiger partial charge in [0.25, 0.3) is 0 Å². The van der Waals surface area contributed by atoms with Gasteiger partial charge in [-0.2, -0.15) is 0 Å². The second-order valence-electron chi connectivity index (χ2n) is 9.21. The molecule has 0 spiro atoms. The Bertz CT molecular complexity index is 1230. The SMILES string of the molecule is C=CCc1c(C)c2c(c(NC)c1CC=C(CCCCCC)c1cc(OC)cc(Cl)c1C(=O)O)C(=O)OC2. The average Bonchev–Trinajstić information content (AvgIpc) is 3.26. The maximum absolute atomic E-state index is 12.6. The Morgan fingerprint density at radius 3 is 2.62 bits per heavy atom. The molecule has 1 aliphatic rings. The Kier molecular flexibility index (Phi) is 9.81. The fraction of sp³-hybridized carbons (Fsp3) is 0.400. The summed E-state index contributed by atoms with van der Waals surface area (Å²) in [6.45, 7) is 8.37. The number of cyclic esters (lactones) is 1. The van der Waals surface area contributed by atoms with Crippen molar-refractivity contribution in [1.29, 1.82) is 0 Å². The predicted molar refractivity (Wildman–Crippen MR) is 149 cm³/mol. The van der Waals surface area contributed by atoms with Crippen LogP contribution in [0.4, 0.5) is 5.69 Å². The van der Waals surface area contributed by atoms with E-state index in [1.54, 1.807) is 13.1 Å². The largest absolute Gasteiger partial charge is 0.497 e. The van der Waals surface area contributed by atoms with Crippen LogP contribution in [0, 0.1) is 6.92 Å². The van der Waals surface area contributed by atoms with E-state index in [1.807, 2.05) is 13.0 Å². The first-order valence-corrected chi connectivity index (χ1v) is 13.1. The van der Waals surface area contributed by atoms with E-state index >= 15 is 0 Å². The van der Waals surface area contributed by atoms with Crippen molar-refractivity contribution in [1.82, 2.24) is 0 Å². The molecule has 0 atom stereocenters. The van der Waals surface area contributed by atoms with Gasteiger partial charge < -0.3 is 19.9 Å². The molecule has 0 aliphatic carbocycles. The third-order valence-corrected chi connectivity index (χ3v) is 7.28. The molecule has 0 bridgehead atoms. The van der Waals surface area contributed by atoms with Gasteiger partial charge >= 0.3 is 11.9 Å². The number of hydrogen-bond acceptors (Lipinski definition) is 5. The van der Waals surface area contributed by atoms with E-state index in [0.29, 0.717) is 36.1 Å². The molecule has 0 fully saturated rings. The lowest BCUT2D eigenvalue weighted by molar-refractivity contribution is 0.0535. The standard InChI is InChI=1S/C30H36ClNO5/c1-6-8-9-10-12-19(23-15-20(36-5)16-25(31)26(23)29(33)34)13-14-22-21(11-7-2)18(3)24-17-37-30(35)27(24)28(22)32-4/h7,13,15-16,32H,2,6,8-12,14,17H2,1,3-5H3,(H,33,34). The van der Waals surface area contributed by atoms with Crippen LogP contribution in [0.3, 0.4) is 0 Å². The molecule has 1 aliphatic heterocycles. The highest BCUT2D eigenvalue weighted by Crippen LogP contribution is 2.39. The highest BCUT2D eigenvalue weighted by molar-refractivity contribution is 6.34. The summed E-state index contributed by atoms with van der Waals surface area (Å²) in [4.78, 5) is 24.8. The number of aromatic carboxylic acids is 1. The third kappa shape index (κ3) is 6.02. The molecule has 198 valence electrons. The van der Waals surface area contributed by atoms with Crippen LogP contribution in [-0.2, 0) is 24.2 Å². The first-order valence-electron chi connectivity index (χ1n) is 12.7. The summed E-state index contributed by atoms with van der Waals surface area (Å²) in [6.07, 6.45) is 9.93. The number of ether oxygens (including phenoxy) is 2. The van der Waals surface area contributed by atoms with Gasteiger partial charge in [-0.25, -0.2) is 9.59 Å². The fourth-order valence-electron chi connectivity index (χ4n) is 5.07. The van der Waals surface area contributed by atoms with E-state index in [0.717, 1.165) is 59.2 Å². The Morgan fingerprint density at radius 2 is 2.00 bits per heavy atom. The van der Waals surface area contributed by atoms with Crippen molar-refractivity contribution in [3.63, 3.8) is 0 Å². The third-order valence-electron chi connectivity index (χ3n) is 6.98. The van der Waals surface area contributed by atoms with Crippen molar-refractivity contribution in [3.05, 3.63) is 74.8 Å². The number of methoxy groups -OCH3 is 1. The molecular formula is C30H36ClNO5. The van der Waals surface area contributed by atoms with Crippen molar-refractivity contribution in [2.75, 3.05) is 19.5 Å². The Balaban J connectivity index is 2.19. The lowest BCUT2D eigenvalue weighted by Crippen LogP contribution is -2.10. The van der Waals surface area contributed by atoms with Crippen molar-refractivity contribution < 1.29 is 24.2 Å². The highest BCUT2D eigenvalue weighted by atomic mass is 35.5. The lowest BCUT2D eigenvalue weighted by Gasteiger charge is -2.20. The molecular weight excluding hydrogens is 490 g/mol. The summed E-state index contributed by atoms with van der Waals surface area (Å²) < 4.78 is 10.8. The molecule has 3 rings (SSSR count). The molecule has 2 N–H and O–H groups in total. The van der Waals surface area contributed by atoms with Crippen LogP contribution in [-0.4, -0.2) is 31.2 Å². The van der Waals surface area contributed by atoms with Gasteiger partial charge in [-0.1, -0.05) is 49.9 Å². The lowest BCUT2D eigenvalue weighted by atomic mass is 9.86. The molecule has 6 nitrogen and oxygen atoms in total. The van der Waals surface area contributed by atoms with Crippen LogP contribution >= 0.6 is 11.6 Å². The van der Waals surface area contributed by atoms with Crippen LogP contribution < -0.4 is 10.1 Å². The normalized spacial score (nSPS) is 12.8. The molecule has 2 aromatic carbocycles. The first kappa shape index (κ1) is 28.3. The summed E-state index contributed by atoms with van der Waals surface area (Å²) in [6, 6.07) is 3.27. The van der Waals surface area contributed by atoms with Gasteiger partial charge in [0.15, 0.2) is 0 Å².